The van der Waals surface area contributed by atoms with Gasteiger partial charge in [-0.1, -0.05) is 0 Å². The third kappa shape index (κ3) is 4.92. The number of sulfonamides is 1. The van der Waals surface area contributed by atoms with Crippen LogP contribution in [-0.4, -0.2) is 13.4 Å². The van der Waals surface area contributed by atoms with Crippen LogP contribution in [0.2, 0.25) is 0 Å². The molecule has 2 rings (SSSR count). The quantitative estimate of drug-likeness (QED) is 0.820. The van der Waals surface area contributed by atoms with Crippen LogP contribution in [0.1, 0.15) is 16.7 Å². The third-order valence-electron chi connectivity index (χ3n) is 3.09. The molecule has 1 aromatic heterocycles. The summed E-state index contributed by atoms with van der Waals surface area (Å²) < 4.78 is 103. The van der Waals surface area contributed by atoms with E-state index in [1.54, 1.807) is 0 Å². The number of nitrogens with zero attached hydrogens (tertiary/aromatic N) is 1. The molecule has 136 valence electrons. The monoisotopic (exact) mass is 384 g/mol. The normalized spacial score (nSPS) is 13.0. The second kappa shape index (κ2) is 6.64. The predicted molar refractivity (Wildman–Crippen MR) is 74.7 cm³/mol. The fourth-order valence-corrected chi connectivity index (χ4v) is 2.93. The van der Waals surface area contributed by atoms with E-state index in [-0.39, 0.29) is 24.7 Å². The molecule has 0 saturated heterocycles. The molecule has 0 radical (unpaired) electrons. The van der Waals surface area contributed by atoms with E-state index in [0.29, 0.717) is 5.56 Å². The molecule has 0 amide bonds. The van der Waals surface area contributed by atoms with Crippen molar-refractivity contribution in [2.24, 2.45) is 0 Å². The van der Waals surface area contributed by atoms with Gasteiger partial charge in [0.05, 0.1) is 16.0 Å². The van der Waals surface area contributed by atoms with E-state index in [4.69, 9.17) is 0 Å². The Morgan fingerprint density at radius 2 is 1.36 bits per heavy atom. The molecule has 1 aromatic carbocycles. The first-order valence-electron chi connectivity index (χ1n) is 6.58. The van der Waals surface area contributed by atoms with Gasteiger partial charge in [0.15, 0.2) is 0 Å². The van der Waals surface area contributed by atoms with E-state index < -0.39 is 38.4 Å². The van der Waals surface area contributed by atoms with Gasteiger partial charge in [-0.15, -0.1) is 0 Å². The summed E-state index contributed by atoms with van der Waals surface area (Å²) in [6, 6.07) is 3.06. The number of aromatic nitrogens is 1. The molecule has 0 saturated carbocycles. The average Bonchev–Trinajstić information content (AvgIpc) is 2.52. The molecule has 0 bridgehead atoms. The van der Waals surface area contributed by atoms with Gasteiger partial charge in [0.2, 0.25) is 10.0 Å². The Labute approximate surface area is 138 Å². The maximum atomic E-state index is 12.8. The van der Waals surface area contributed by atoms with Gasteiger partial charge >= 0.3 is 12.4 Å². The maximum Gasteiger partial charge on any atom is 0.416 e. The third-order valence-corrected chi connectivity index (χ3v) is 4.47. The summed E-state index contributed by atoms with van der Waals surface area (Å²) >= 11 is 0. The fourth-order valence-electron chi connectivity index (χ4n) is 1.84. The van der Waals surface area contributed by atoms with Gasteiger partial charge in [-0.3, -0.25) is 4.98 Å². The number of rotatable bonds is 4. The minimum absolute atomic E-state index is 0.137. The van der Waals surface area contributed by atoms with Crippen molar-refractivity contribution in [3.05, 3.63) is 59.4 Å². The van der Waals surface area contributed by atoms with Crippen molar-refractivity contribution in [2.75, 3.05) is 0 Å². The highest BCUT2D eigenvalue weighted by molar-refractivity contribution is 7.89. The van der Waals surface area contributed by atoms with Gasteiger partial charge in [-0.25, -0.2) is 13.1 Å². The smallest absolute Gasteiger partial charge is 0.265 e. The molecule has 0 aliphatic rings. The van der Waals surface area contributed by atoms with Gasteiger partial charge in [0.1, 0.15) is 0 Å². The summed E-state index contributed by atoms with van der Waals surface area (Å²) in [5.41, 5.74) is -2.97. The molecular weight excluding hydrogens is 374 g/mol. The topological polar surface area (TPSA) is 59.1 Å². The first kappa shape index (κ1) is 19.2. The van der Waals surface area contributed by atoms with Crippen LogP contribution in [0.15, 0.2) is 47.6 Å². The number of nitrogens with one attached hydrogen (secondary N) is 1. The Bertz CT molecular complexity index is 816. The largest absolute Gasteiger partial charge is 0.416 e. The molecule has 1 heterocycles. The lowest BCUT2D eigenvalue weighted by Crippen LogP contribution is -2.24. The number of hydrogen-bond donors (Lipinski definition) is 1. The molecule has 0 unspecified atom stereocenters. The molecule has 0 aliphatic carbocycles. The van der Waals surface area contributed by atoms with Gasteiger partial charge in [0.25, 0.3) is 0 Å². The number of pyridine rings is 1. The number of benzene rings is 1. The molecule has 0 atom stereocenters. The molecule has 4 nitrogen and oxygen atoms in total. The number of hydrogen-bond acceptors (Lipinski definition) is 3. The SMILES string of the molecule is O=S(=O)(NCc1ccncc1)c1cc(C(F)(F)F)cc(C(F)(F)F)c1. The summed E-state index contributed by atoms with van der Waals surface area (Å²) in [7, 11) is -4.59. The van der Waals surface area contributed by atoms with Crippen LogP contribution >= 0.6 is 0 Å². The standard InChI is InChI=1S/C14H10F6N2O2S/c15-13(16,17)10-5-11(14(18,19)20)7-12(6-10)25(23,24)22-8-9-1-3-21-4-2-9/h1-7,22H,8H2. The minimum Gasteiger partial charge on any atom is -0.265 e. The molecule has 0 spiro atoms. The van der Waals surface area contributed by atoms with E-state index in [0.717, 1.165) is 0 Å². The van der Waals surface area contributed by atoms with Gasteiger partial charge in [0, 0.05) is 18.9 Å². The zero-order valence-electron chi connectivity index (χ0n) is 12.2. The van der Waals surface area contributed by atoms with Crippen LogP contribution in [0.25, 0.3) is 0 Å². The van der Waals surface area contributed by atoms with Crippen LogP contribution in [0.3, 0.4) is 0 Å². The summed E-state index contributed by atoms with van der Waals surface area (Å²) in [6.45, 7) is -0.317. The van der Waals surface area contributed by atoms with Crippen molar-refractivity contribution >= 4 is 10.0 Å². The van der Waals surface area contributed by atoms with Crippen LogP contribution < -0.4 is 4.72 Å². The highest BCUT2D eigenvalue weighted by Crippen LogP contribution is 2.37. The van der Waals surface area contributed by atoms with Crippen molar-refractivity contribution < 1.29 is 34.8 Å². The van der Waals surface area contributed by atoms with Crippen LogP contribution in [0.4, 0.5) is 26.3 Å². The summed E-state index contributed by atoms with van der Waals surface area (Å²) in [5.74, 6) is 0. The first-order chi connectivity index (χ1) is 11.4. The molecule has 0 aliphatic heterocycles. The first-order valence-corrected chi connectivity index (χ1v) is 8.06. The summed E-state index contributed by atoms with van der Waals surface area (Å²) in [5, 5.41) is 0. The Balaban J connectivity index is 2.42. The van der Waals surface area contributed by atoms with Crippen molar-refractivity contribution in [1.29, 1.82) is 0 Å². The Morgan fingerprint density at radius 1 is 0.880 bits per heavy atom. The Kier molecular flexibility index (Phi) is 5.09. The van der Waals surface area contributed by atoms with Gasteiger partial charge < -0.3 is 0 Å². The summed E-state index contributed by atoms with van der Waals surface area (Å²) in [4.78, 5) is 2.58. The van der Waals surface area contributed by atoms with E-state index in [2.05, 4.69) is 4.98 Å². The highest BCUT2D eigenvalue weighted by atomic mass is 32.2. The number of halogens is 6. The highest BCUT2D eigenvalue weighted by Gasteiger charge is 2.38. The summed E-state index contributed by atoms with van der Waals surface area (Å²) in [6.07, 6.45) is -7.54. The second-order valence-corrected chi connectivity index (χ2v) is 6.69. The molecule has 25 heavy (non-hydrogen) atoms. The Morgan fingerprint density at radius 3 is 1.80 bits per heavy atom. The molecule has 11 heteroatoms. The lowest BCUT2D eigenvalue weighted by atomic mass is 10.1. The van der Waals surface area contributed by atoms with E-state index >= 15 is 0 Å². The zero-order valence-corrected chi connectivity index (χ0v) is 13.0. The molecule has 1 N–H and O–H groups in total. The van der Waals surface area contributed by atoms with Crippen LogP contribution in [0.5, 0.6) is 0 Å². The van der Waals surface area contributed by atoms with Gasteiger partial charge in [-0.2, -0.15) is 26.3 Å². The van der Waals surface area contributed by atoms with E-state index in [9.17, 15) is 34.8 Å². The van der Waals surface area contributed by atoms with Crippen molar-refractivity contribution in [3.63, 3.8) is 0 Å². The Hall–Kier alpha value is -2.14. The van der Waals surface area contributed by atoms with E-state index in [1.807, 2.05) is 4.72 Å². The maximum absolute atomic E-state index is 12.8. The minimum atomic E-state index is -5.13. The molecular formula is C14H10F6N2O2S. The van der Waals surface area contributed by atoms with Crippen LogP contribution in [-0.2, 0) is 28.9 Å². The van der Waals surface area contributed by atoms with Crippen LogP contribution in [0, 0.1) is 0 Å². The predicted octanol–water partition coefficient (Wildman–Crippen LogP) is 3.60. The number of alkyl halides is 6. The second-order valence-electron chi connectivity index (χ2n) is 4.92. The van der Waals surface area contributed by atoms with E-state index in [1.165, 1.54) is 24.5 Å². The molecule has 0 fully saturated rings. The lowest BCUT2D eigenvalue weighted by Gasteiger charge is -2.14. The van der Waals surface area contributed by atoms with Gasteiger partial charge in [-0.05, 0) is 35.9 Å². The average molecular weight is 384 g/mol. The van der Waals surface area contributed by atoms with Crippen molar-refractivity contribution in [2.45, 2.75) is 23.8 Å². The van der Waals surface area contributed by atoms with Crippen molar-refractivity contribution in [1.82, 2.24) is 9.71 Å². The lowest BCUT2D eigenvalue weighted by molar-refractivity contribution is -0.143. The fraction of sp³-hybridized carbons (Fsp3) is 0.214. The zero-order chi connectivity index (χ0) is 18.9. The van der Waals surface area contributed by atoms with Crippen molar-refractivity contribution in [3.8, 4) is 0 Å². The molecule has 2 aromatic rings.